The highest BCUT2D eigenvalue weighted by molar-refractivity contribution is 6.30. The topological polar surface area (TPSA) is 55.4 Å². The Balaban J connectivity index is 1.90. The number of rotatable bonds is 4. The summed E-state index contributed by atoms with van der Waals surface area (Å²) in [5.41, 5.74) is 1.03. The molecule has 0 saturated heterocycles. The number of esters is 1. The number of aryl methyl sites for hydroxylation is 1. The second-order valence-corrected chi connectivity index (χ2v) is 5.04. The van der Waals surface area contributed by atoms with Gasteiger partial charge in [-0.05, 0) is 42.8 Å². The second kappa shape index (κ2) is 7.04. The Labute approximate surface area is 131 Å². The van der Waals surface area contributed by atoms with Crippen molar-refractivity contribution in [1.82, 2.24) is 0 Å². The van der Waals surface area contributed by atoms with Gasteiger partial charge in [0.05, 0.1) is 5.56 Å². The fraction of sp³-hybridized carbons (Fsp3) is 0.125. The van der Waals surface area contributed by atoms with E-state index in [0.29, 0.717) is 16.3 Å². The van der Waals surface area contributed by atoms with E-state index in [4.69, 9.17) is 16.3 Å². The third-order valence-corrected chi connectivity index (χ3v) is 3.09. The van der Waals surface area contributed by atoms with Crippen molar-refractivity contribution in [2.45, 2.75) is 6.92 Å². The van der Waals surface area contributed by atoms with Gasteiger partial charge in [-0.2, -0.15) is 0 Å². The molecule has 6 heteroatoms. The van der Waals surface area contributed by atoms with E-state index >= 15 is 0 Å². The predicted molar refractivity (Wildman–Crippen MR) is 81.5 cm³/mol. The SMILES string of the molecule is Cc1ccc(NC(=O)COC(=O)c2cccc(Cl)c2)cc1F. The number of amides is 1. The van der Waals surface area contributed by atoms with E-state index in [1.165, 1.54) is 18.2 Å². The van der Waals surface area contributed by atoms with Crippen LogP contribution in [0.25, 0.3) is 0 Å². The highest BCUT2D eigenvalue weighted by atomic mass is 35.5. The number of ether oxygens (including phenoxy) is 1. The Kier molecular flexibility index (Phi) is 5.12. The number of halogens is 2. The molecule has 0 saturated carbocycles. The van der Waals surface area contributed by atoms with Gasteiger partial charge >= 0.3 is 5.97 Å². The van der Waals surface area contributed by atoms with Crippen LogP contribution in [-0.4, -0.2) is 18.5 Å². The summed E-state index contributed by atoms with van der Waals surface area (Å²) in [6.07, 6.45) is 0. The lowest BCUT2D eigenvalue weighted by molar-refractivity contribution is -0.119. The van der Waals surface area contributed by atoms with Crippen LogP contribution in [0.5, 0.6) is 0 Å². The molecule has 0 unspecified atom stereocenters. The van der Waals surface area contributed by atoms with Crippen LogP contribution < -0.4 is 5.32 Å². The number of hydrogen-bond acceptors (Lipinski definition) is 3. The van der Waals surface area contributed by atoms with Crippen molar-refractivity contribution >= 4 is 29.2 Å². The zero-order valence-electron chi connectivity index (χ0n) is 11.7. The van der Waals surface area contributed by atoms with Gasteiger partial charge in [0, 0.05) is 10.7 Å². The molecule has 2 rings (SSSR count). The third-order valence-electron chi connectivity index (χ3n) is 2.85. The van der Waals surface area contributed by atoms with Crippen LogP contribution in [0.4, 0.5) is 10.1 Å². The summed E-state index contributed by atoms with van der Waals surface area (Å²) < 4.78 is 18.2. The molecule has 0 atom stereocenters. The first-order chi connectivity index (χ1) is 10.5. The van der Waals surface area contributed by atoms with E-state index in [1.807, 2.05) is 0 Å². The molecule has 0 aliphatic rings. The van der Waals surface area contributed by atoms with Crippen LogP contribution in [0, 0.1) is 12.7 Å². The first kappa shape index (κ1) is 16.0. The molecule has 0 radical (unpaired) electrons. The van der Waals surface area contributed by atoms with Gasteiger partial charge in [0.25, 0.3) is 5.91 Å². The zero-order valence-corrected chi connectivity index (χ0v) is 12.5. The largest absolute Gasteiger partial charge is 0.452 e. The molecule has 2 aromatic rings. The molecule has 0 aliphatic carbocycles. The normalized spacial score (nSPS) is 10.1. The number of nitrogens with one attached hydrogen (secondary N) is 1. The summed E-state index contributed by atoms with van der Waals surface area (Å²) in [5, 5.41) is 2.84. The van der Waals surface area contributed by atoms with Gasteiger partial charge in [-0.15, -0.1) is 0 Å². The zero-order chi connectivity index (χ0) is 16.1. The van der Waals surface area contributed by atoms with Crippen molar-refractivity contribution in [2.24, 2.45) is 0 Å². The summed E-state index contributed by atoms with van der Waals surface area (Å²) >= 11 is 5.76. The molecule has 0 bridgehead atoms. The Bertz CT molecular complexity index is 718. The Morgan fingerprint density at radius 1 is 1.23 bits per heavy atom. The maximum Gasteiger partial charge on any atom is 0.338 e. The summed E-state index contributed by atoms with van der Waals surface area (Å²) in [4.78, 5) is 23.4. The minimum absolute atomic E-state index is 0.252. The molecule has 22 heavy (non-hydrogen) atoms. The second-order valence-electron chi connectivity index (χ2n) is 4.60. The summed E-state index contributed by atoms with van der Waals surface area (Å²) in [7, 11) is 0. The van der Waals surface area contributed by atoms with E-state index in [2.05, 4.69) is 5.32 Å². The maximum absolute atomic E-state index is 13.4. The van der Waals surface area contributed by atoms with Crippen molar-refractivity contribution in [2.75, 3.05) is 11.9 Å². The van der Waals surface area contributed by atoms with E-state index in [9.17, 15) is 14.0 Å². The van der Waals surface area contributed by atoms with Crippen LogP contribution in [0.1, 0.15) is 15.9 Å². The Hall–Kier alpha value is -2.40. The van der Waals surface area contributed by atoms with Gasteiger partial charge < -0.3 is 10.1 Å². The molecule has 4 nitrogen and oxygen atoms in total. The number of anilines is 1. The van der Waals surface area contributed by atoms with Gasteiger partial charge in [0.1, 0.15) is 5.82 Å². The molecule has 0 aromatic heterocycles. The number of carbonyl (C=O) groups excluding carboxylic acids is 2. The van der Waals surface area contributed by atoms with Gasteiger partial charge in [-0.3, -0.25) is 4.79 Å². The molecule has 2 aromatic carbocycles. The lowest BCUT2D eigenvalue weighted by atomic mass is 10.2. The van der Waals surface area contributed by atoms with Crippen LogP contribution in [0.2, 0.25) is 5.02 Å². The van der Waals surface area contributed by atoms with Crippen molar-refractivity contribution in [3.63, 3.8) is 0 Å². The molecular formula is C16H13ClFNO3. The standard InChI is InChI=1S/C16H13ClFNO3/c1-10-5-6-13(8-14(10)18)19-15(20)9-22-16(21)11-3-2-4-12(17)7-11/h2-8H,9H2,1H3,(H,19,20). The van der Waals surface area contributed by atoms with Crippen molar-refractivity contribution < 1.29 is 18.7 Å². The lowest BCUT2D eigenvalue weighted by Gasteiger charge is -2.07. The minimum atomic E-state index is -0.660. The summed E-state index contributed by atoms with van der Waals surface area (Å²) in [5.74, 6) is -1.64. The molecule has 114 valence electrons. The quantitative estimate of drug-likeness (QED) is 0.876. The first-order valence-corrected chi connectivity index (χ1v) is 6.82. The highest BCUT2D eigenvalue weighted by Crippen LogP contribution is 2.14. The van der Waals surface area contributed by atoms with Gasteiger partial charge in [0.2, 0.25) is 0 Å². The van der Waals surface area contributed by atoms with E-state index in [-0.39, 0.29) is 5.56 Å². The van der Waals surface area contributed by atoms with Crippen molar-refractivity contribution in [3.8, 4) is 0 Å². The fourth-order valence-electron chi connectivity index (χ4n) is 1.70. The van der Waals surface area contributed by atoms with E-state index in [1.54, 1.807) is 31.2 Å². The average molecular weight is 322 g/mol. The van der Waals surface area contributed by atoms with E-state index < -0.39 is 24.3 Å². The van der Waals surface area contributed by atoms with Gasteiger partial charge in [-0.1, -0.05) is 23.7 Å². The minimum Gasteiger partial charge on any atom is -0.452 e. The number of hydrogen-bond donors (Lipinski definition) is 1. The maximum atomic E-state index is 13.4. The molecule has 0 aliphatic heterocycles. The molecule has 1 N–H and O–H groups in total. The first-order valence-electron chi connectivity index (χ1n) is 6.44. The van der Waals surface area contributed by atoms with Crippen LogP contribution in [-0.2, 0) is 9.53 Å². The summed E-state index contributed by atoms with van der Waals surface area (Å²) in [6.45, 7) is 1.15. The van der Waals surface area contributed by atoms with Crippen molar-refractivity contribution in [3.05, 3.63) is 64.4 Å². The molecule has 1 amide bonds. The molecular weight excluding hydrogens is 309 g/mol. The lowest BCUT2D eigenvalue weighted by Crippen LogP contribution is -2.21. The number of benzene rings is 2. The third kappa shape index (κ3) is 4.30. The van der Waals surface area contributed by atoms with E-state index in [0.717, 1.165) is 0 Å². The Morgan fingerprint density at radius 2 is 2.00 bits per heavy atom. The summed E-state index contributed by atoms with van der Waals surface area (Å²) in [6, 6.07) is 10.5. The van der Waals surface area contributed by atoms with Crippen LogP contribution >= 0.6 is 11.6 Å². The predicted octanol–water partition coefficient (Wildman–Crippen LogP) is 3.58. The van der Waals surface area contributed by atoms with Crippen LogP contribution in [0.15, 0.2) is 42.5 Å². The average Bonchev–Trinajstić information content (AvgIpc) is 2.48. The molecule has 0 heterocycles. The van der Waals surface area contributed by atoms with Gasteiger partial charge in [-0.25, -0.2) is 9.18 Å². The van der Waals surface area contributed by atoms with Crippen molar-refractivity contribution in [1.29, 1.82) is 0 Å². The van der Waals surface area contributed by atoms with Crippen LogP contribution in [0.3, 0.4) is 0 Å². The van der Waals surface area contributed by atoms with Gasteiger partial charge in [0.15, 0.2) is 6.61 Å². The fourth-order valence-corrected chi connectivity index (χ4v) is 1.89. The Morgan fingerprint density at radius 3 is 2.68 bits per heavy atom. The monoisotopic (exact) mass is 321 g/mol. The molecule has 0 fully saturated rings. The molecule has 0 spiro atoms. The number of carbonyl (C=O) groups is 2. The highest BCUT2D eigenvalue weighted by Gasteiger charge is 2.11. The smallest absolute Gasteiger partial charge is 0.338 e.